The fraction of sp³-hybridized carbons (Fsp3) is 0.500. The summed E-state index contributed by atoms with van der Waals surface area (Å²) in [5, 5.41) is 2.99. The molecule has 1 aliphatic heterocycles. The molecule has 1 N–H and O–H groups in total. The number of hydrogen-bond donors (Lipinski definition) is 1. The number of carbonyl (C=O) groups excluding carboxylic acids is 1. The largest absolute Gasteiger partial charge is 0.573 e. The summed E-state index contributed by atoms with van der Waals surface area (Å²) < 4.78 is 40.7. The lowest BCUT2D eigenvalue weighted by atomic mass is 9.85. The number of aromatic nitrogens is 2. The summed E-state index contributed by atoms with van der Waals surface area (Å²) in [5.74, 6) is 0.748. The van der Waals surface area contributed by atoms with Crippen LogP contribution < -0.4 is 15.0 Å². The van der Waals surface area contributed by atoms with E-state index in [2.05, 4.69) is 24.9 Å². The van der Waals surface area contributed by atoms with E-state index in [1.807, 2.05) is 0 Å². The number of carbonyl (C=O) groups is 1. The molecule has 2 fully saturated rings. The third-order valence-corrected chi connectivity index (χ3v) is 6.04. The monoisotopic (exact) mass is 434 g/mol. The number of rotatable bonds is 6. The second kappa shape index (κ2) is 9.11. The maximum atomic E-state index is 13.0. The molecule has 1 aliphatic carbocycles. The Hall–Kier alpha value is -2.84. The Bertz CT molecular complexity index is 877. The average Bonchev–Trinajstić information content (AvgIpc) is 3.14. The molecule has 2 aromatic rings. The maximum absolute atomic E-state index is 13.0. The minimum absolute atomic E-state index is 0.0566. The topological polar surface area (TPSA) is 67.3 Å². The van der Waals surface area contributed by atoms with Crippen molar-refractivity contribution in [3.8, 4) is 5.75 Å². The number of nitrogens with one attached hydrogen (secondary N) is 1. The summed E-state index contributed by atoms with van der Waals surface area (Å²) in [5.41, 5.74) is 0.818. The van der Waals surface area contributed by atoms with Gasteiger partial charge in [0.1, 0.15) is 11.8 Å². The van der Waals surface area contributed by atoms with Gasteiger partial charge in [0.15, 0.2) is 0 Å². The van der Waals surface area contributed by atoms with E-state index in [1.54, 1.807) is 30.6 Å². The predicted octanol–water partition coefficient (Wildman–Crippen LogP) is 3.87. The van der Waals surface area contributed by atoms with Gasteiger partial charge in [0.25, 0.3) is 0 Å². The molecule has 0 radical (unpaired) electrons. The van der Waals surface area contributed by atoms with Crippen LogP contribution in [0.1, 0.15) is 37.7 Å². The zero-order valence-corrected chi connectivity index (χ0v) is 17.0. The molecule has 4 rings (SSSR count). The van der Waals surface area contributed by atoms with Crippen molar-refractivity contribution in [2.75, 3.05) is 11.4 Å². The second-order valence-corrected chi connectivity index (χ2v) is 8.05. The molecule has 3 atom stereocenters. The molecule has 1 amide bonds. The Morgan fingerprint density at radius 1 is 1.13 bits per heavy atom. The number of anilines is 1. The van der Waals surface area contributed by atoms with Crippen LogP contribution in [0.25, 0.3) is 0 Å². The van der Waals surface area contributed by atoms with Gasteiger partial charge in [-0.2, -0.15) is 0 Å². The first-order valence-corrected chi connectivity index (χ1v) is 10.6. The second-order valence-electron chi connectivity index (χ2n) is 8.05. The number of fused-ring (bicyclic) bond motifs is 1. The highest BCUT2D eigenvalue weighted by Gasteiger charge is 2.46. The molecule has 2 aliphatic rings. The molecular formula is C22H25F3N4O2. The van der Waals surface area contributed by atoms with Gasteiger partial charge in [-0.1, -0.05) is 25.0 Å². The van der Waals surface area contributed by atoms with E-state index in [1.165, 1.54) is 18.6 Å². The fourth-order valence-corrected chi connectivity index (χ4v) is 4.71. The van der Waals surface area contributed by atoms with Crippen LogP contribution in [-0.2, 0) is 11.2 Å². The molecule has 1 saturated heterocycles. The summed E-state index contributed by atoms with van der Waals surface area (Å²) in [6.45, 7) is 0.396. The van der Waals surface area contributed by atoms with Crippen LogP contribution in [0.5, 0.6) is 5.75 Å². The van der Waals surface area contributed by atoms with Crippen molar-refractivity contribution in [1.82, 2.24) is 15.3 Å². The SMILES string of the molecule is O=C(NCCc1ccc(OC(F)(F)F)cc1)C1CC2CCCCC2N1c1ncccn1. The van der Waals surface area contributed by atoms with Crippen LogP contribution in [0, 0.1) is 5.92 Å². The van der Waals surface area contributed by atoms with Gasteiger partial charge in [0, 0.05) is 25.0 Å². The first kappa shape index (κ1) is 21.4. The molecule has 1 aromatic carbocycles. The standard InChI is InChI=1S/C22H25F3N4O2/c23-22(24,25)31-17-8-6-15(7-9-17)10-13-26-20(30)19-14-16-4-1-2-5-18(16)29(19)21-27-11-3-12-28-21/h3,6-9,11-12,16,18-19H,1-2,4-5,10,13-14H2,(H,26,30). The Morgan fingerprint density at radius 3 is 2.55 bits per heavy atom. The highest BCUT2D eigenvalue weighted by atomic mass is 19.4. The maximum Gasteiger partial charge on any atom is 0.573 e. The van der Waals surface area contributed by atoms with E-state index < -0.39 is 6.36 Å². The van der Waals surface area contributed by atoms with Crippen LogP contribution in [0.4, 0.5) is 19.1 Å². The number of benzene rings is 1. The van der Waals surface area contributed by atoms with Gasteiger partial charge in [0.05, 0.1) is 0 Å². The van der Waals surface area contributed by atoms with Crippen molar-refractivity contribution in [3.05, 3.63) is 48.3 Å². The molecule has 31 heavy (non-hydrogen) atoms. The molecule has 2 heterocycles. The summed E-state index contributed by atoms with van der Waals surface area (Å²) in [7, 11) is 0. The van der Waals surface area contributed by atoms with Crippen molar-refractivity contribution in [2.24, 2.45) is 5.92 Å². The first-order valence-electron chi connectivity index (χ1n) is 10.6. The number of ether oxygens (including phenoxy) is 1. The van der Waals surface area contributed by atoms with Crippen molar-refractivity contribution < 1.29 is 22.7 Å². The molecule has 0 spiro atoms. The van der Waals surface area contributed by atoms with Gasteiger partial charge in [-0.25, -0.2) is 9.97 Å². The summed E-state index contributed by atoms with van der Waals surface area (Å²) in [6.07, 6.45) is 4.47. The first-order chi connectivity index (χ1) is 14.9. The Kier molecular flexibility index (Phi) is 6.29. The van der Waals surface area contributed by atoms with Crippen LogP contribution in [0.2, 0.25) is 0 Å². The normalized spacial score (nSPS) is 23.3. The van der Waals surface area contributed by atoms with Gasteiger partial charge in [0.2, 0.25) is 11.9 Å². The molecule has 0 bridgehead atoms. The van der Waals surface area contributed by atoms with E-state index in [0.29, 0.717) is 24.8 Å². The average molecular weight is 434 g/mol. The van der Waals surface area contributed by atoms with E-state index in [9.17, 15) is 18.0 Å². The van der Waals surface area contributed by atoms with Gasteiger partial charge >= 0.3 is 6.36 Å². The Balaban J connectivity index is 1.36. The summed E-state index contributed by atoms with van der Waals surface area (Å²) in [6, 6.07) is 7.44. The lowest BCUT2D eigenvalue weighted by Crippen LogP contribution is -2.48. The lowest BCUT2D eigenvalue weighted by Gasteiger charge is -2.33. The number of halogens is 3. The van der Waals surface area contributed by atoms with Gasteiger partial charge in [-0.15, -0.1) is 13.2 Å². The summed E-state index contributed by atoms with van der Waals surface area (Å²) >= 11 is 0. The lowest BCUT2D eigenvalue weighted by molar-refractivity contribution is -0.274. The van der Waals surface area contributed by atoms with Crippen LogP contribution in [0.15, 0.2) is 42.7 Å². The third-order valence-electron chi connectivity index (χ3n) is 6.04. The van der Waals surface area contributed by atoms with Crippen LogP contribution in [-0.4, -0.2) is 40.9 Å². The van der Waals surface area contributed by atoms with Crippen molar-refractivity contribution in [2.45, 2.75) is 57.0 Å². The minimum Gasteiger partial charge on any atom is -0.406 e. The highest BCUT2D eigenvalue weighted by molar-refractivity contribution is 5.85. The number of amides is 1. The van der Waals surface area contributed by atoms with Crippen LogP contribution >= 0.6 is 0 Å². The molecule has 1 aromatic heterocycles. The quantitative estimate of drug-likeness (QED) is 0.748. The predicted molar refractivity (Wildman–Crippen MR) is 109 cm³/mol. The van der Waals surface area contributed by atoms with E-state index in [-0.39, 0.29) is 23.7 Å². The molecule has 9 heteroatoms. The number of hydrogen-bond acceptors (Lipinski definition) is 5. The molecule has 3 unspecified atom stereocenters. The number of nitrogens with zero attached hydrogens (tertiary/aromatic N) is 3. The molecule has 6 nitrogen and oxygen atoms in total. The van der Waals surface area contributed by atoms with Crippen LogP contribution in [0.3, 0.4) is 0 Å². The van der Waals surface area contributed by atoms with E-state index in [0.717, 1.165) is 31.2 Å². The fourth-order valence-electron chi connectivity index (χ4n) is 4.71. The Morgan fingerprint density at radius 2 is 1.84 bits per heavy atom. The van der Waals surface area contributed by atoms with Crippen molar-refractivity contribution in [1.29, 1.82) is 0 Å². The third kappa shape index (κ3) is 5.26. The van der Waals surface area contributed by atoms with Gasteiger partial charge < -0.3 is 15.0 Å². The van der Waals surface area contributed by atoms with Gasteiger partial charge in [-0.3, -0.25) is 4.79 Å². The smallest absolute Gasteiger partial charge is 0.406 e. The molecule has 166 valence electrons. The molecule has 1 saturated carbocycles. The van der Waals surface area contributed by atoms with Gasteiger partial charge in [-0.05, 0) is 55.4 Å². The minimum atomic E-state index is -4.71. The van der Waals surface area contributed by atoms with Crippen molar-refractivity contribution in [3.63, 3.8) is 0 Å². The highest BCUT2D eigenvalue weighted by Crippen LogP contribution is 2.41. The van der Waals surface area contributed by atoms with Crippen molar-refractivity contribution >= 4 is 11.9 Å². The summed E-state index contributed by atoms with van der Waals surface area (Å²) in [4.78, 5) is 23.9. The molecular weight excluding hydrogens is 409 g/mol. The zero-order chi connectivity index (χ0) is 21.8. The number of alkyl halides is 3. The zero-order valence-electron chi connectivity index (χ0n) is 17.0. The van der Waals surface area contributed by atoms with E-state index >= 15 is 0 Å². The Labute approximate surface area is 178 Å². The van der Waals surface area contributed by atoms with E-state index in [4.69, 9.17) is 0 Å².